The van der Waals surface area contributed by atoms with Crippen LogP contribution in [0.5, 0.6) is 11.5 Å². The molecular weight excluding hydrogens is 538 g/mol. The maximum Gasteiger partial charge on any atom is 0.347 e. The third-order valence-corrected chi connectivity index (χ3v) is 7.73. The lowest BCUT2D eigenvalue weighted by molar-refractivity contribution is -0.152. The molecule has 0 aliphatic heterocycles. The number of fused-ring (bicyclic) bond motifs is 1. The van der Waals surface area contributed by atoms with E-state index in [0.717, 1.165) is 43.7 Å². The summed E-state index contributed by atoms with van der Waals surface area (Å²) in [5, 5.41) is 10.0. The number of ether oxygens (including phenoxy) is 2. The fraction of sp³-hybridized carbons (Fsp3) is 0.355. The van der Waals surface area contributed by atoms with E-state index in [-0.39, 0.29) is 18.6 Å². The predicted molar refractivity (Wildman–Crippen MR) is 150 cm³/mol. The standard InChI is InChI=1S/C31H31ClF2N2O4/c1-31(2,30(37)38)40-23-10-6-9-22(15-23)39-18-28(19-7-4-3-5-8-19)36-27-17-25(34)24(33)16-26(27)35-29(36)20-11-13-21(32)14-12-20/h6,9-17,19,28H,3-5,7-8,18H2,1-2H3,(H,37,38). The number of carboxylic acid groups (broad SMARTS) is 1. The molecule has 1 heterocycles. The highest BCUT2D eigenvalue weighted by molar-refractivity contribution is 6.30. The van der Waals surface area contributed by atoms with Crippen molar-refractivity contribution in [1.82, 2.24) is 9.55 Å². The van der Waals surface area contributed by atoms with Crippen LogP contribution in [0.15, 0.2) is 60.7 Å². The predicted octanol–water partition coefficient (Wildman–Crippen LogP) is 8.08. The molecule has 1 fully saturated rings. The summed E-state index contributed by atoms with van der Waals surface area (Å²) in [5.74, 6) is -1.30. The first kappa shape index (κ1) is 27.9. The number of nitrogens with zero attached hydrogens (tertiary/aromatic N) is 2. The minimum Gasteiger partial charge on any atom is -0.491 e. The van der Waals surface area contributed by atoms with Crippen LogP contribution in [0.4, 0.5) is 8.78 Å². The smallest absolute Gasteiger partial charge is 0.347 e. The summed E-state index contributed by atoms with van der Waals surface area (Å²) in [5.41, 5.74) is 0.207. The van der Waals surface area contributed by atoms with Crippen LogP contribution in [-0.4, -0.2) is 32.8 Å². The molecule has 3 aromatic carbocycles. The molecule has 0 saturated heterocycles. The Hall–Kier alpha value is -3.65. The molecule has 1 N–H and O–H groups in total. The molecule has 0 spiro atoms. The van der Waals surface area contributed by atoms with E-state index in [1.807, 2.05) is 16.7 Å². The second-order valence-corrected chi connectivity index (χ2v) is 11.2. The fourth-order valence-electron chi connectivity index (χ4n) is 5.32. The first-order valence-electron chi connectivity index (χ1n) is 13.4. The number of carbonyl (C=O) groups is 1. The van der Waals surface area contributed by atoms with Gasteiger partial charge in [0.1, 0.15) is 23.9 Å². The average Bonchev–Trinajstić information content (AvgIpc) is 3.28. The second-order valence-electron chi connectivity index (χ2n) is 10.7. The summed E-state index contributed by atoms with van der Waals surface area (Å²) in [6, 6.07) is 16.2. The molecule has 0 amide bonds. The average molecular weight is 569 g/mol. The van der Waals surface area contributed by atoms with Gasteiger partial charge in [0, 0.05) is 28.8 Å². The van der Waals surface area contributed by atoms with Gasteiger partial charge in [-0.2, -0.15) is 0 Å². The molecule has 5 rings (SSSR count). The summed E-state index contributed by atoms with van der Waals surface area (Å²) in [6.07, 6.45) is 5.22. The number of carboxylic acids is 1. The summed E-state index contributed by atoms with van der Waals surface area (Å²) >= 11 is 6.14. The third-order valence-electron chi connectivity index (χ3n) is 7.47. The van der Waals surface area contributed by atoms with Gasteiger partial charge in [0.25, 0.3) is 0 Å². The van der Waals surface area contributed by atoms with Crippen molar-refractivity contribution >= 4 is 28.6 Å². The van der Waals surface area contributed by atoms with Crippen LogP contribution in [0.3, 0.4) is 0 Å². The van der Waals surface area contributed by atoms with Crippen LogP contribution in [-0.2, 0) is 4.79 Å². The highest BCUT2D eigenvalue weighted by atomic mass is 35.5. The van der Waals surface area contributed by atoms with Crippen molar-refractivity contribution in [3.05, 3.63) is 77.3 Å². The molecule has 9 heteroatoms. The van der Waals surface area contributed by atoms with E-state index in [0.29, 0.717) is 33.4 Å². The minimum absolute atomic E-state index is 0.218. The number of rotatable bonds is 9. The molecule has 1 unspecified atom stereocenters. The Bertz CT molecular complexity index is 1510. The molecule has 1 aliphatic carbocycles. The van der Waals surface area contributed by atoms with Gasteiger partial charge in [0.2, 0.25) is 0 Å². The van der Waals surface area contributed by atoms with Gasteiger partial charge in [-0.15, -0.1) is 0 Å². The molecule has 0 radical (unpaired) electrons. The number of hydrogen-bond acceptors (Lipinski definition) is 4. The Morgan fingerprint density at radius 2 is 1.73 bits per heavy atom. The summed E-state index contributed by atoms with van der Waals surface area (Å²) in [7, 11) is 0. The molecule has 0 bridgehead atoms. The van der Waals surface area contributed by atoms with Crippen molar-refractivity contribution in [2.75, 3.05) is 6.61 Å². The van der Waals surface area contributed by atoms with Gasteiger partial charge in [-0.25, -0.2) is 18.6 Å². The van der Waals surface area contributed by atoms with Crippen molar-refractivity contribution in [2.24, 2.45) is 5.92 Å². The lowest BCUT2D eigenvalue weighted by atomic mass is 9.83. The van der Waals surface area contributed by atoms with E-state index >= 15 is 0 Å². The van der Waals surface area contributed by atoms with E-state index in [1.54, 1.807) is 36.4 Å². The zero-order valence-corrected chi connectivity index (χ0v) is 23.1. The monoisotopic (exact) mass is 568 g/mol. The van der Waals surface area contributed by atoms with Crippen molar-refractivity contribution in [3.63, 3.8) is 0 Å². The largest absolute Gasteiger partial charge is 0.491 e. The highest BCUT2D eigenvalue weighted by Gasteiger charge is 2.31. The molecule has 210 valence electrons. The van der Waals surface area contributed by atoms with Gasteiger partial charge in [-0.1, -0.05) is 36.9 Å². The van der Waals surface area contributed by atoms with Crippen molar-refractivity contribution < 1.29 is 28.2 Å². The molecule has 1 aromatic heterocycles. The lowest BCUT2D eigenvalue weighted by Gasteiger charge is -2.33. The third kappa shape index (κ3) is 5.92. The van der Waals surface area contributed by atoms with Crippen molar-refractivity contribution in [1.29, 1.82) is 0 Å². The van der Waals surface area contributed by atoms with Crippen LogP contribution in [0.1, 0.15) is 52.0 Å². The maximum absolute atomic E-state index is 14.6. The number of benzene rings is 3. The van der Waals surface area contributed by atoms with E-state index in [1.165, 1.54) is 19.9 Å². The SMILES string of the molecule is CC(C)(Oc1cccc(OCC(C2CCCCC2)n2c(-c3ccc(Cl)cc3)nc3cc(F)c(F)cc32)c1)C(=O)O. The Kier molecular flexibility index (Phi) is 7.99. The van der Waals surface area contributed by atoms with E-state index < -0.39 is 23.2 Å². The van der Waals surface area contributed by atoms with Gasteiger partial charge in [-0.3, -0.25) is 0 Å². The van der Waals surface area contributed by atoms with Crippen LogP contribution in [0, 0.1) is 17.6 Å². The number of halogens is 3. The first-order chi connectivity index (χ1) is 19.1. The quantitative estimate of drug-likeness (QED) is 0.221. The van der Waals surface area contributed by atoms with Crippen LogP contribution in [0.25, 0.3) is 22.4 Å². The first-order valence-corrected chi connectivity index (χ1v) is 13.8. The Labute approximate surface area is 236 Å². The van der Waals surface area contributed by atoms with Crippen molar-refractivity contribution in [2.45, 2.75) is 57.6 Å². The van der Waals surface area contributed by atoms with Crippen LogP contribution >= 0.6 is 11.6 Å². The molecular formula is C31H31ClF2N2O4. The Morgan fingerprint density at radius 3 is 2.42 bits per heavy atom. The highest BCUT2D eigenvalue weighted by Crippen LogP contribution is 2.39. The fourth-order valence-corrected chi connectivity index (χ4v) is 5.44. The van der Waals surface area contributed by atoms with Crippen LogP contribution in [0.2, 0.25) is 5.02 Å². The lowest BCUT2D eigenvalue weighted by Crippen LogP contribution is -2.37. The minimum atomic E-state index is -1.41. The number of aliphatic carboxylic acids is 1. The zero-order chi connectivity index (χ0) is 28.4. The van der Waals surface area contributed by atoms with Gasteiger partial charge in [0.05, 0.1) is 17.1 Å². The van der Waals surface area contributed by atoms with Gasteiger partial charge in [0.15, 0.2) is 17.2 Å². The topological polar surface area (TPSA) is 73.6 Å². The summed E-state index contributed by atoms with van der Waals surface area (Å²) in [6.45, 7) is 3.19. The van der Waals surface area contributed by atoms with E-state index in [2.05, 4.69) is 0 Å². The molecule has 6 nitrogen and oxygen atoms in total. The maximum atomic E-state index is 14.6. The molecule has 1 aliphatic rings. The Balaban J connectivity index is 1.55. The van der Waals surface area contributed by atoms with Gasteiger partial charge < -0.3 is 19.1 Å². The number of aromatic nitrogens is 2. The summed E-state index contributed by atoms with van der Waals surface area (Å²) in [4.78, 5) is 16.3. The molecule has 1 atom stereocenters. The van der Waals surface area contributed by atoms with E-state index in [9.17, 15) is 18.7 Å². The van der Waals surface area contributed by atoms with Gasteiger partial charge in [-0.05, 0) is 69.0 Å². The molecule has 4 aromatic rings. The Morgan fingerprint density at radius 1 is 1.05 bits per heavy atom. The normalized spacial score (nSPS) is 15.2. The molecule has 40 heavy (non-hydrogen) atoms. The zero-order valence-electron chi connectivity index (χ0n) is 22.4. The second kappa shape index (κ2) is 11.5. The number of imidazole rings is 1. The summed E-state index contributed by atoms with van der Waals surface area (Å²) < 4.78 is 42.8. The van der Waals surface area contributed by atoms with Crippen LogP contribution < -0.4 is 9.47 Å². The molecule has 1 saturated carbocycles. The van der Waals surface area contributed by atoms with Crippen molar-refractivity contribution in [3.8, 4) is 22.9 Å². The van der Waals surface area contributed by atoms with E-state index in [4.69, 9.17) is 26.1 Å². The van der Waals surface area contributed by atoms with Gasteiger partial charge >= 0.3 is 5.97 Å². The number of hydrogen-bond donors (Lipinski definition) is 1.